The molecule has 1 aliphatic carbocycles. The van der Waals surface area contributed by atoms with E-state index in [1.807, 2.05) is 0 Å². The lowest BCUT2D eigenvalue weighted by molar-refractivity contribution is 0.623. The maximum Gasteiger partial charge on any atom is 0.100 e. The van der Waals surface area contributed by atoms with Crippen LogP contribution in [-0.4, -0.2) is 10.7 Å². The van der Waals surface area contributed by atoms with Crippen LogP contribution in [0.1, 0.15) is 31.2 Å². The Labute approximate surface area is 94.7 Å². The number of aromatic nitrogens is 1. The Morgan fingerprint density at radius 1 is 1.47 bits per heavy atom. The van der Waals surface area contributed by atoms with Crippen molar-refractivity contribution in [2.45, 2.75) is 30.6 Å². The van der Waals surface area contributed by atoms with Gasteiger partial charge in [-0.05, 0) is 24.8 Å². The second-order valence-electron chi connectivity index (χ2n) is 3.95. The van der Waals surface area contributed by atoms with E-state index in [2.05, 4.69) is 11.1 Å². The first kappa shape index (κ1) is 10.5. The average Bonchev–Trinajstić information content (AvgIpc) is 2.79. The summed E-state index contributed by atoms with van der Waals surface area (Å²) in [5, 5.41) is 8.92. The third kappa shape index (κ3) is 2.73. The van der Waals surface area contributed by atoms with Gasteiger partial charge in [-0.2, -0.15) is 5.26 Å². The standard InChI is InChI=1S/C12H14N2S/c13-7-11-5-6-14-8-12(11)15-9-10-3-1-2-4-10/h5-6,8,10H,1-4,9H2. The topological polar surface area (TPSA) is 36.7 Å². The third-order valence-corrected chi connectivity index (χ3v) is 4.13. The van der Waals surface area contributed by atoms with Crippen LogP contribution in [0.4, 0.5) is 0 Å². The van der Waals surface area contributed by atoms with Crippen LogP contribution in [0.3, 0.4) is 0 Å². The minimum atomic E-state index is 0.757. The van der Waals surface area contributed by atoms with E-state index < -0.39 is 0 Å². The molecule has 78 valence electrons. The van der Waals surface area contributed by atoms with Crippen molar-refractivity contribution >= 4 is 11.8 Å². The second-order valence-corrected chi connectivity index (χ2v) is 5.01. The molecule has 1 aromatic rings. The average molecular weight is 218 g/mol. The molecule has 2 rings (SSSR count). The molecule has 1 aromatic heterocycles. The molecule has 3 heteroatoms. The van der Waals surface area contributed by atoms with Gasteiger partial charge in [0.15, 0.2) is 0 Å². The summed E-state index contributed by atoms with van der Waals surface area (Å²) in [5.41, 5.74) is 0.757. The van der Waals surface area contributed by atoms with E-state index in [4.69, 9.17) is 5.26 Å². The maximum absolute atomic E-state index is 8.92. The fraction of sp³-hybridized carbons (Fsp3) is 0.500. The molecule has 0 radical (unpaired) electrons. The van der Waals surface area contributed by atoms with Crippen molar-refractivity contribution in [3.05, 3.63) is 24.0 Å². The first-order valence-electron chi connectivity index (χ1n) is 5.37. The van der Waals surface area contributed by atoms with E-state index in [1.54, 1.807) is 30.2 Å². The van der Waals surface area contributed by atoms with Gasteiger partial charge in [0.1, 0.15) is 6.07 Å². The summed E-state index contributed by atoms with van der Waals surface area (Å²) in [4.78, 5) is 5.10. The van der Waals surface area contributed by atoms with Crippen molar-refractivity contribution < 1.29 is 0 Å². The zero-order valence-corrected chi connectivity index (χ0v) is 9.46. The minimum absolute atomic E-state index is 0.757. The molecule has 0 aliphatic heterocycles. The van der Waals surface area contributed by atoms with Crippen molar-refractivity contribution in [3.8, 4) is 6.07 Å². The first-order valence-corrected chi connectivity index (χ1v) is 6.35. The molecule has 0 unspecified atom stereocenters. The van der Waals surface area contributed by atoms with Gasteiger partial charge in [-0.1, -0.05) is 12.8 Å². The lowest BCUT2D eigenvalue weighted by atomic mass is 10.1. The number of nitrogens with zero attached hydrogens (tertiary/aromatic N) is 2. The van der Waals surface area contributed by atoms with Crippen LogP contribution < -0.4 is 0 Å². The minimum Gasteiger partial charge on any atom is -0.263 e. The molecule has 0 aromatic carbocycles. The number of rotatable bonds is 3. The largest absolute Gasteiger partial charge is 0.263 e. The molecule has 15 heavy (non-hydrogen) atoms. The second kappa shape index (κ2) is 5.18. The SMILES string of the molecule is N#Cc1ccncc1SCC1CCCC1. The Kier molecular flexibility index (Phi) is 3.63. The van der Waals surface area contributed by atoms with Crippen molar-refractivity contribution in [1.29, 1.82) is 5.26 Å². The lowest BCUT2D eigenvalue weighted by Crippen LogP contribution is -1.97. The highest BCUT2D eigenvalue weighted by molar-refractivity contribution is 7.99. The van der Waals surface area contributed by atoms with Gasteiger partial charge in [0, 0.05) is 23.0 Å². The molecule has 1 saturated carbocycles. The van der Waals surface area contributed by atoms with Crippen LogP contribution in [0, 0.1) is 17.2 Å². The molecule has 0 bridgehead atoms. The van der Waals surface area contributed by atoms with Crippen LogP contribution in [0.15, 0.2) is 23.4 Å². The zero-order chi connectivity index (χ0) is 10.5. The van der Waals surface area contributed by atoms with Gasteiger partial charge in [-0.3, -0.25) is 4.98 Å². The summed E-state index contributed by atoms with van der Waals surface area (Å²) >= 11 is 1.78. The monoisotopic (exact) mass is 218 g/mol. The lowest BCUT2D eigenvalue weighted by Gasteiger charge is -2.08. The smallest absolute Gasteiger partial charge is 0.100 e. The van der Waals surface area contributed by atoms with E-state index in [0.717, 1.165) is 22.1 Å². The summed E-state index contributed by atoms with van der Waals surface area (Å²) < 4.78 is 0. The predicted octanol–water partition coefficient (Wildman–Crippen LogP) is 3.24. The summed E-state index contributed by atoms with van der Waals surface area (Å²) in [6.07, 6.45) is 8.95. The van der Waals surface area contributed by atoms with E-state index in [9.17, 15) is 0 Å². The molecule has 1 fully saturated rings. The number of hydrogen-bond donors (Lipinski definition) is 0. The van der Waals surface area contributed by atoms with E-state index >= 15 is 0 Å². The van der Waals surface area contributed by atoms with Gasteiger partial charge in [-0.15, -0.1) is 11.8 Å². The normalized spacial score (nSPS) is 16.5. The highest BCUT2D eigenvalue weighted by Gasteiger charge is 2.15. The Balaban J connectivity index is 1.95. The van der Waals surface area contributed by atoms with Crippen LogP contribution in [-0.2, 0) is 0 Å². The van der Waals surface area contributed by atoms with E-state index in [1.165, 1.54) is 25.7 Å². The quantitative estimate of drug-likeness (QED) is 0.731. The molecule has 0 spiro atoms. The fourth-order valence-corrected chi connectivity index (χ4v) is 3.13. The van der Waals surface area contributed by atoms with Gasteiger partial charge in [-0.25, -0.2) is 0 Å². The van der Waals surface area contributed by atoms with Crippen LogP contribution in [0.5, 0.6) is 0 Å². The van der Waals surface area contributed by atoms with Gasteiger partial charge < -0.3 is 0 Å². The van der Waals surface area contributed by atoms with Gasteiger partial charge in [0.2, 0.25) is 0 Å². The predicted molar refractivity (Wildman–Crippen MR) is 61.6 cm³/mol. The maximum atomic E-state index is 8.92. The molecule has 2 nitrogen and oxygen atoms in total. The number of thioether (sulfide) groups is 1. The van der Waals surface area contributed by atoms with Crippen molar-refractivity contribution in [3.63, 3.8) is 0 Å². The molecule has 0 amide bonds. The summed E-state index contributed by atoms with van der Waals surface area (Å²) in [5.74, 6) is 1.99. The first-order chi connectivity index (χ1) is 7.40. The molecule has 1 heterocycles. The number of pyridine rings is 1. The summed E-state index contributed by atoms with van der Waals surface area (Å²) in [6.45, 7) is 0. The summed E-state index contributed by atoms with van der Waals surface area (Å²) in [6, 6.07) is 4.00. The van der Waals surface area contributed by atoms with E-state index in [-0.39, 0.29) is 0 Å². The van der Waals surface area contributed by atoms with Crippen molar-refractivity contribution in [1.82, 2.24) is 4.98 Å². The Morgan fingerprint density at radius 2 is 2.27 bits per heavy atom. The van der Waals surface area contributed by atoms with Gasteiger partial charge in [0.05, 0.1) is 5.56 Å². The number of hydrogen-bond acceptors (Lipinski definition) is 3. The molecule has 1 aliphatic rings. The fourth-order valence-electron chi connectivity index (χ4n) is 1.97. The van der Waals surface area contributed by atoms with Crippen LogP contribution in [0.2, 0.25) is 0 Å². The Morgan fingerprint density at radius 3 is 3.00 bits per heavy atom. The molecular weight excluding hydrogens is 204 g/mol. The van der Waals surface area contributed by atoms with Crippen molar-refractivity contribution in [2.24, 2.45) is 5.92 Å². The third-order valence-electron chi connectivity index (χ3n) is 2.85. The Hall–Kier alpha value is -1.01. The molecular formula is C12H14N2S. The van der Waals surface area contributed by atoms with Gasteiger partial charge in [0.25, 0.3) is 0 Å². The van der Waals surface area contributed by atoms with E-state index in [0.29, 0.717) is 0 Å². The highest BCUT2D eigenvalue weighted by atomic mass is 32.2. The van der Waals surface area contributed by atoms with Crippen LogP contribution >= 0.6 is 11.8 Å². The number of nitriles is 1. The highest BCUT2D eigenvalue weighted by Crippen LogP contribution is 2.31. The van der Waals surface area contributed by atoms with Crippen LogP contribution in [0.25, 0.3) is 0 Å². The molecule has 0 atom stereocenters. The zero-order valence-electron chi connectivity index (χ0n) is 8.65. The summed E-state index contributed by atoms with van der Waals surface area (Å²) in [7, 11) is 0. The Bertz CT molecular complexity index is 364. The van der Waals surface area contributed by atoms with Crippen molar-refractivity contribution in [2.75, 3.05) is 5.75 Å². The molecule has 0 saturated heterocycles. The van der Waals surface area contributed by atoms with Gasteiger partial charge >= 0.3 is 0 Å². The molecule has 0 N–H and O–H groups in total.